The van der Waals surface area contributed by atoms with Crippen LogP contribution in [0.3, 0.4) is 0 Å². The van der Waals surface area contributed by atoms with E-state index in [0.29, 0.717) is 6.61 Å². The fourth-order valence-electron chi connectivity index (χ4n) is 6.79. The minimum Gasteiger partial charge on any atom is -0.494 e. The third-order valence-electron chi connectivity index (χ3n) is 8.70. The van der Waals surface area contributed by atoms with E-state index in [1.165, 1.54) is 0 Å². The van der Waals surface area contributed by atoms with Crippen LogP contribution < -0.4 is 14.8 Å². The number of nitrogens with zero attached hydrogens (tertiary/aromatic N) is 1. The Morgan fingerprint density at radius 3 is 1.85 bits per heavy atom. The summed E-state index contributed by atoms with van der Waals surface area (Å²) in [5, 5.41) is 5.81. The summed E-state index contributed by atoms with van der Waals surface area (Å²) in [5.74, 6) is 3.34. The van der Waals surface area contributed by atoms with E-state index in [1.54, 1.807) is 0 Å². The van der Waals surface area contributed by atoms with Gasteiger partial charge in [-0.05, 0) is 53.1 Å². The number of aliphatic imine (C=N–C) groups is 1. The van der Waals surface area contributed by atoms with Gasteiger partial charge >= 0.3 is 0 Å². The van der Waals surface area contributed by atoms with E-state index in [4.69, 9.17) is 14.5 Å². The number of hydrogen-bond donors (Lipinski definition) is 1. The molecule has 4 nitrogen and oxygen atoms in total. The van der Waals surface area contributed by atoms with Gasteiger partial charge in [0.05, 0.1) is 12.2 Å². The van der Waals surface area contributed by atoms with Crippen LogP contribution in [-0.2, 0) is 0 Å². The molecule has 0 bridgehead atoms. The quantitative estimate of drug-likeness (QED) is 0.199. The molecule has 6 aromatic carbocycles. The van der Waals surface area contributed by atoms with E-state index in [0.717, 1.165) is 103 Å². The average Bonchev–Trinajstić information content (AvgIpc) is 3.13. The lowest BCUT2D eigenvalue weighted by atomic mass is 9.80. The molecule has 0 fully saturated rings. The molecule has 2 heterocycles. The lowest BCUT2D eigenvalue weighted by molar-refractivity contribution is 0.340. The van der Waals surface area contributed by atoms with E-state index in [2.05, 4.69) is 133 Å². The zero-order chi connectivity index (χ0) is 30.9. The summed E-state index contributed by atoms with van der Waals surface area (Å²) >= 11 is 0. The fourth-order valence-corrected chi connectivity index (χ4v) is 6.79. The van der Waals surface area contributed by atoms with Gasteiger partial charge in [0.1, 0.15) is 23.1 Å². The molecule has 0 atom stereocenters. The Kier molecular flexibility index (Phi) is 7.31. The van der Waals surface area contributed by atoms with Gasteiger partial charge in [0.15, 0.2) is 0 Å². The normalized spacial score (nSPS) is 14.0. The monoisotopic (exact) mass is 598 g/mol. The largest absolute Gasteiger partial charge is 0.494 e. The van der Waals surface area contributed by atoms with E-state index in [1.807, 2.05) is 13.0 Å². The topological polar surface area (TPSA) is 42.8 Å². The van der Waals surface area contributed by atoms with Gasteiger partial charge in [-0.25, -0.2) is 0 Å². The highest BCUT2D eigenvalue weighted by Crippen LogP contribution is 2.54. The van der Waals surface area contributed by atoms with Gasteiger partial charge in [0.2, 0.25) is 0 Å². The number of benzene rings is 6. The lowest BCUT2D eigenvalue weighted by Gasteiger charge is -2.31. The maximum Gasteiger partial charge on any atom is 0.147 e. The van der Waals surface area contributed by atoms with Crippen molar-refractivity contribution in [3.63, 3.8) is 0 Å². The molecule has 0 saturated carbocycles. The van der Waals surface area contributed by atoms with E-state index < -0.39 is 0 Å². The minimum absolute atomic E-state index is 0.565. The van der Waals surface area contributed by atoms with Crippen molar-refractivity contribution in [1.82, 2.24) is 5.32 Å². The van der Waals surface area contributed by atoms with Crippen molar-refractivity contribution in [1.29, 1.82) is 0 Å². The molecule has 0 spiro atoms. The molecule has 0 amide bonds. The van der Waals surface area contributed by atoms with Crippen molar-refractivity contribution >= 4 is 27.9 Å². The SMILES string of the molecule is CCOc1cc2c3c(c(C4=NCCCN4)c(-c4ccccc4)c(-c4ccccc4)c3c1)OC(c1ccccc1)=C2c1ccccc1. The van der Waals surface area contributed by atoms with Crippen LogP contribution in [0.4, 0.5) is 0 Å². The first-order valence-corrected chi connectivity index (χ1v) is 16.0. The highest BCUT2D eigenvalue weighted by Gasteiger charge is 2.34. The average molecular weight is 599 g/mol. The van der Waals surface area contributed by atoms with Crippen LogP contribution in [0.15, 0.2) is 138 Å². The summed E-state index contributed by atoms with van der Waals surface area (Å²) in [6.45, 7) is 4.23. The van der Waals surface area contributed by atoms with Gasteiger partial charge in [-0.15, -0.1) is 0 Å². The van der Waals surface area contributed by atoms with Gasteiger partial charge in [0.25, 0.3) is 0 Å². The third-order valence-corrected chi connectivity index (χ3v) is 8.70. The van der Waals surface area contributed by atoms with Gasteiger partial charge in [-0.1, -0.05) is 121 Å². The molecule has 4 heteroatoms. The molecule has 8 rings (SSSR count). The second-order valence-electron chi connectivity index (χ2n) is 11.6. The molecule has 1 N–H and O–H groups in total. The fraction of sp³-hybridized carbons (Fsp3) is 0.119. The lowest BCUT2D eigenvalue weighted by Crippen LogP contribution is -2.31. The minimum atomic E-state index is 0.565. The molecule has 0 aliphatic carbocycles. The van der Waals surface area contributed by atoms with Crippen LogP contribution in [0, 0.1) is 0 Å². The molecule has 2 aliphatic rings. The first-order chi connectivity index (χ1) is 22.8. The molecule has 0 radical (unpaired) electrons. The van der Waals surface area contributed by atoms with E-state index in [9.17, 15) is 0 Å². The predicted molar refractivity (Wildman–Crippen MR) is 189 cm³/mol. The standard InChI is InChI=1S/C42H34N2O2/c1-2-45-32-26-33-35(28-16-7-3-8-17-28)37(30-20-11-5-12-21-30)39(42-43-24-15-25-44-42)41-38(33)34(27-32)36(29-18-9-4-10-19-29)40(46-41)31-22-13-6-14-23-31/h3-14,16-23,26-27H,2,15,24-25H2,1H3,(H,43,44). The number of hydrogen-bond acceptors (Lipinski definition) is 4. The summed E-state index contributed by atoms with van der Waals surface area (Å²) in [5.41, 5.74) is 9.69. The van der Waals surface area contributed by atoms with Crippen molar-refractivity contribution in [2.45, 2.75) is 13.3 Å². The summed E-state index contributed by atoms with van der Waals surface area (Å²) in [4.78, 5) is 5.10. The predicted octanol–water partition coefficient (Wildman–Crippen LogP) is 9.62. The Morgan fingerprint density at radius 1 is 0.674 bits per heavy atom. The Balaban J connectivity index is 1.60. The molecule has 6 aromatic rings. The van der Waals surface area contributed by atoms with Crippen LogP contribution in [-0.4, -0.2) is 25.5 Å². The first kappa shape index (κ1) is 27.9. The van der Waals surface area contributed by atoms with Crippen molar-refractivity contribution < 1.29 is 9.47 Å². The zero-order valence-corrected chi connectivity index (χ0v) is 25.8. The number of ether oxygens (including phenoxy) is 2. The van der Waals surface area contributed by atoms with Gasteiger partial charge in [0, 0.05) is 40.7 Å². The van der Waals surface area contributed by atoms with Crippen molar-refractivity contribution in [3.05, 3.63) is 156 Å². The molecular weight excluding hydrogens is 564 g/mol. The first-order valence-electron chi connectivity index (χ1n) is 16.0. The highest BCUT2D eigenvalue weighted by molar-refractivity contribution is 6.23. The number of rotatable bonds is 7. The van der Waals surface area contributed by atoms with Crippen molar-refractivity contribution in [3.8, 4) is 33.8 Å². The van der Waals surface area contributed by atoms with Crippen LogP contribution in [0.2, 0.25) is 0 Å². The number of nitrogens with one attached hydrogen (secondary N) is 1. The van der Waals surface area contributed by atoms with Crippen LogP contribution in [0.25, 0.3) is 44.4 Å². The Labute approximate surface area is 269 Å². The molecule has 0 unspecified atom stereocenters. The molecule has 0 aromatic heterocycles. The summed E-state index contributed by atoms with van der Waals surface area (Å²) in [6, 6.07) is 46.7. The Morgan fingerprint density at radius 2 is 1.26 bits per heavy atom. The van der Waals surface area contributed by atoms with E-state index in [-0.39, 0.29) is 0 Å². The Hall–Kier alpha value is -5.61. The smallest absolute Gasteiger partial charge is 0.147 e. The van der Waals surface area contributed by atoms with Crippen molar-refractivity contribution in [2.75, 3.05) is 19.7 Å². The van der Waals surface area contributed by atoms with Crippen LogP contribution in [0.1, 0.15) is 35.6 Å². The number of amidine groups is 1. The molecular formula is C42H34N2O2. The van der Waals surface area contributed by atoms with Gasteiger partial charge in [-0.2, -0.15) is 0 Å². The molecule has 224 valence electrons. The molecule has 2 aliphatic heterocycles. The maximum absolute atomic E-state index is 7.31. The summed E-state index contributed by atoms with van der Waals surface area (Å²) in [6.07, 6.45) is 0.996. The van der Waals surface area contributed by atoms with Gasteiger partial charge < -0.3 is 14.8 Å². The molecule has 0 saturated heterocycles. The maximum atomic E-state index is 7.31. The van der Waals surface area contributed by atoms with Gasteiger partial charge in [-0.3, -0.25) is 4.99 Å². The van der Waals surface area contributed by atoms with Crippen LogP contribution >= 0.6 is 0 Å². The Bertz CT molecular complexity index is 2100. The second kappa shape index (κ2) is 12.1. The zero-order valence-electron chi connectivity index (χ0n) is 25.8. The van der Waals surface area contributed by atoms with Crippen molar-refractivity contribution in [2.24, 2.45) is 4.99 Å². The summed E-state index contributed by atoms with van der Waals surface area (Å²) in [7, 11) is 0. The molecule has 46 heavy (non-hydrogen) atoms. The highest BCUT2D eigenvalue weighted by atomic mass is 16.5. The third kappa shape index (κ3) is 4.83. The van der Waals surface area contributed by atoms with E-state index >= 15 is 0 Å². The second-order valence-corrected chi connectivity index (χ2v) is 11.6. The summed E-state index contributed by atoms with van der Waals surface area (Å²) < 4.78 is 13.6. The van der Waals surface area contributed by atoms with Crippen LogP contribution in [0.5, 0.6) is 11.5 Å².